The second-order valence-electron chi connectivity index (χ2n) is 3.35. The van der Waals surface area contributed by atoms with Gasteiger partial charge in [0.1, 0.15) is 11.6 Å². The summed E-state index contributed by atoms with van der Waals surface area (Å²) in [4.78, 5) is 6.55. The lowest BCUT2D eigenvalue weighted by Gasteiger charge is -2.21. The molecule has 0 aromatic carbocycles. The molecular weight excluding hydrogens is 174 g/mol. The van der Waals surface area contributed by atoms with Crippen LogP contribution in [0.3, 0.4) is 0 Å². The Hall–Kier alpha value is -1.25. The van der Waals surface area contributed by atoms with E-state index in [1.807, 2.05) is 18.2 Å². The number of pyridine rings is 1. The summed E-state index contributed by atoms with van der Waals surface area (Å²) in [6.07, 6.45) is 2.41. The van der Waals surface area contributed by atoms with Gasteiger partial charge in [-0.15, -0.1) is 0 Å². The lowest BCUT2D eigenvalue weighted by molar-refractivity contribution is 0.724. The van der Waals surface area contributed by atoms with Gasteiger partial charge >= 0.3 is 0 Å². The highest BCUT2D eigenvalue weighted by molar-refractivity contribution is 5.44. The van der Waals surface area contributed by atoms with E-state index in [-0.39, 0.29) is 0 Å². The number of unbranched alkanes of at least 4 members (excludes halogenated alkanes) is 1. The van der Waals surface area contributed by atoms with Crippen LogP contribution in [0.5, 0.6) is 0 Å². The van der Waals surface area contributed by atoms with Crippen molar-refractivity contribution in [1.29, 1.82) is 0 Å². The first-order chi connectivity index (χ1) is 6.77. The number of nitrogens with zero attached hydrogens (tertiary/aromatic N) is 2. The van der Waals surface area contributed by atoms with E-state index < -0.39 is 0 Å². The molecule has 1 heterocycles. The third kappa shape index (κ3) is 2.91. The van der Waals surface area contributed by atoms with Gasteiger partial charge in [-0.3, -0.25) is 0 Å². The molecule has 3 heteroatoms. The van der Waals surface area contributed by atoms with Crippen LogP contribution < -0.4 is 10.6 Å². The van der Waals surface area contributed by atoms with Crippen LogP contribution in [0.2, 0.25) is 0 Å². The molecule has 14 heavy (non-hydrogen) atoms. The molecular formula is C11H19N3. The normalized spacial score (nSPS) is 10.1. The average molecular weight is 193 g/mol. The Balaban J connectivity index is 2.68. The number of anilines is 2. The molecule has 0 aliphatic carbocycles. The van der Waals surface area contributed by atoms with Crippen molar-refractivity contribution in [3.8, 4) is 0 Å². The zero-order valence-corrected chi connectivity index (χ0v) is 9.03. The van der Waals surface area contributed by atoms with Gasteiger partial charge < -0.3 is 10.6 Å². The molecule has 0 fully saturated rings. The van der Waals surface area contributed by atoms with Gasteiger partial charge in [0.15, 0.2) is 0 Å². The Morgan fingerprint density at radius 3 is 2.71 bits per heavy atom. The molecule has 0 radical (unpaired) electrons. The molecule has 0 amide bonds. The summed E-state index contributed by atoms with van der Waals surface area (Å²) >= 11 is 0. The Labute approximate surface area is 85.9 Å². The lowest BCUT2D eigenvalue weighted by atomic mass is 10.3. The van der Waals surface area contributed by atoms with E-state index in [1.165, 1.54) is 12.8 Å². The van der Waals surface area contributed by atoms with Crippen LogP contribution in [-0.4, -0.2) is 18.1 Å². The summed E-state index contributed by atoms with van der Waals surface area (Å²) < 4.78 is 0. The second-order valence-corrected chi connectivity index (χ2v) is 3.35. The summed E-state index contributed by atoms with van der Waals surface area (Å²) in [6, 6.07) is 5.78. The number of hydrogen-bond donors (Lipinski definition) is 1. The SMILES string of the molecule is CCCCN(CC)c1cccc(N)n1. The largest absolute Gasteiger partial charge is 0.384 e. The fourth-order valence-electron chi connectivity index (χ4n) is 1.40. The van der Waals surface area contributed by atoms with E-state index in [1.54, 1.807) is 0 Å². The molecule has 3 nitrogen and oxygen atoms in total. The molecule has 1 aromatic rings. The highest BCUT2D eigenvalue weighted by Gasteiger charge is 2.04. The van der Waals surface area contributed by atoms with Crippen molar-refractivity contribution in [3.63, 3.8) is 0 Å². The first kappa shape index (κ1) is 10.8. The van der Waals surface area contributed by atoms with E-state index in [9.17, 15) is 0 Å². The summed E-state index contributed by atoms with van der Waals surface area (Å²) in [5, 5.41) is 0. The first-order valence-electron chi connectivity index (χ1n) is 5.25. The average Bonchev–Trinajstić information content (AvgIpc) is 2.19. The molecule has 2 N–H and O–H groups in total. The van der Waals surface area contributed by atoms with Crippen LogP contribution in [-0.2, 0) is 0 Å². The summed E-state index contributed by atoms with van der Waals surface area (Å²) in [7, 11) is 0. The Morgan fingerprint density at radius 1 is 1.36 bits per heavy atom. The van der Waals surface area contributed by atoms with Gasteiger partial charge in [-0.1, -0.05) is 19.4 Å². The predicted molar refractivity (Wildman–Crippen MR) is 61.4 cm³/mol. The lowest BCUT2D eigenvalue weighted by Crippen LogP contribution is -2.24. The number of nitrogens with two attached hydrogens (primary N) is 1. The molecule has 0 saturated carbocycles. The maximum Gasteiger partial charge on any atom is 0.130 e. The Kier molecular flexibility index (Phi) is 4.23. The Bertz CT molecular complexity index is 273. The minimum absolute atomic E-state index is 0.595. The summed E-state index contributed by atoms with van der Waals surface area (Å²) in [5.41, 5.74) is 5.64. The quantitative estimate of drug-likeness (QED) is 0.780. The first-order valence-corrected chi connectivity index (χ1v) is 5.25. The third-order valence-corrected chi connectivity index (χ3v) is 2.24. The highest BCUT2D eigenvalue weighted by atomic mass is 15.2. The van der Waals surface area contributed by atoms with E-state index in [2.05, 4.69) is 23.7 Å². The van der Waals surface area contributed by atoms with E-state index in [0.717, 1.165) is 18.9 Å². The van der Waals surface area contributed by atoms with E-state index >= 15 is 0 Å². The predicted octanol–water partition coefficient (Wildman–Crippen LogP) is 2.29. The number of rotatable bonds is 5. The number of hydrogen-bond acceptors (Lipinski definition) is 3. The molecule has 1 rings (SSSR count). The van der Waals surface area contributed by atoms with Crippen molar-refractivity contribution >= 4 is 11.6 Å². The van der Waals surface area contributed by atoms with E-state index in [4.69, 9.17) is 5.73 Å². The van der Waals surface area contributed by atoms with Crippen molar-refractivity contribution < 1.29 is 0 Å². The topological polar surface area (TPSA) is 42.1 Å². The Morgan fingerprint density at radius 2 is 2.14 bits per heavy atom. The van der Waals surface area contributed by atoms with Crippen molar-refractivity contribution in [2.24, 2.45) is 0 Å². The molecule has 1 aromatic heterocycles. The maximum atomic E-state index is 5.64. The highest BCUT2D eigenvalue weighted by Crippen LogP contribution is 2.12. The van der Waals surface area contributed by atoms with Crippen LogP contribution in [0.15, 0.2) is 18.2 Å². The van der Waals surface area contributed by atoms with Gasteiger partial charge in [0.05, 0.1) is 0 Å². The van der Waals surface area contributed by atoms with Crippen molar-refractivity contribution in [2.75, 3.05) is 23.7 Å². The van der Waals surface area contributed by atoms with Crippen LogP contribution in [0.25, 0.3) is 0 Å². The fourth-order valence-corrected chi connectivity index (χ4v) is 1.40. The minimum Gasteiger partial charge on any atom is -0.384 e. The van der Waals surface area contributed by atoms with E-state index in [0.29, 0.717) is 5.82 Å². The van der Waals surface area contributed by atoms with Crippen molar-refractivity contribution in [3.05, 3.63) is 18.2 Å². The van der Waals surface area contributed by atoms with Crippen molar-refractivity contribution in [2.45, 2.75) is 26.7 Å². The molecule has 0 aliphatic heterocycles. The molecule has 0 atom stereocenters. The standard InChI is InChI=1S/C11H19N3/c1-3-5-9-14(4-2)11-8-6-7-10(12)13-11/h6-8H,3-5,9H2,1-2H3,(H2,12,13). The summed E-state index contributed by atoms with van der Waals surface area (Å²) in [6.45, 7) is 6.38. The molecule has 0 spiro atoms. The number of aromatic nitrogens is 1. The van der Waals surface area contributed by atoms with Crippen LogP contribution in [0.4, 0.5) is 11.6 Å². The summed E-state index contributed by atoms with van der Waals surface area (Å²) in [5.74, 6) is 1.58. The zero-order chi connectivity index (χ0) is 10.4. The second kappa shape index (κ2) is 5.47. The molecule has 78 valence electrons. The molecule has 0 bridgehead atoms. The smallest absolute Gasteiger partial charge is 0.130 e. The third-order valence-electron chi connectivity index (χ3n) is 2.24. The van der Waals surface area contributed by atoms with Gasteiger partial charge in [0, 0.05) is 13.1 Å². The van der Waals surface area contributed by atoms with Crippen molar-refractivity contribution in [1.82, 2.24) is 4.98 Å². The van der Waals surface area contributed by atoms with Gasteiger partial charge in [0.25, 0.3) is 0 Å². The molecule has 0 saturated heterocycles. The van der Waals surface area contributed by atoms with Gasteiger partial charge in [-0.05, 0) is 25.5 Å². The zero-order valence-electron chi connectivity index (χ0n) is 9.03. The van der Waals surface area contributed by atoms with Crippen LogP contribution in [0.1, 0.15) is 26.7 Å². The monoisotopic (exact) mass is 193 g/mol. The molecule has 0 unspecified atom stereocenters. The van der Waals surface area contributed by atoms with Crippen LogP contribution >= 0.6 is 0 Å². The van der Waals surface area contributed by atoms with Gasteiger partial charge in [-0.25, -0.2) is 4.98 Å². The van der Waals surface area contributed by atoms with Crippen LogP contribution in [0, 0.1) is 0 Å². The fraction of sp³-hybridized carbons (Fsp3) is 0.545. The maximum absolute atomic E-state index is 5.64. The van der Waals surface area contributed by atoms with Gasteiger partial charge in [0.2, 0.25) is 0 Å². The number of nitrogen functional groups attached to an aromatic ring is 1. The minimum atomic E-state index is 0.595. The molecule has 0 aliphatic rings. The van der Waals surface area contributed by atoms with Gasteiger partial charge in [-0.2, -0.15) is 0 Å².